The van der Waals surface area contributed by atoms with Crippen LogP contribution in [0.15, 0.2) is 206 Å². The Balaban J connectivity index is 0.948. The molecule has 3 heterocycles. The summed E-state index contributed by atoms with van der Waals surface area (Å²) < 4.78 is 4.58. The lowest BCUT2D eigenvalue weighted by Gasteiger charge is -2.12. The molecule has 0 amide bonds. The molecule has 58 heavy (non-hydrogen) atoms. The van der Waals surface area contributed by atoms with Gasteiger partial charge in [0, 0.05) is 32.5 Å². The normalized spacial score (nSPS) is 11.4. The molecule has 0 atom stereocenters. The summed E-state index contributed by atoms with van der Waals surface area (Å²) in [7, 11) is 0. The minimum atomic E-state index is 0.724. The molecule has 0 saturated heterocycles. The Bertz CT molecular complexity index is 3290. The van der Waals surface area contributed by atoms with E-state index in [4.69, 9.17) is 15.0 Å². The van der Waals surface area contributed by atoms with E-state index in [2.05, 4.69) is 193 Å². The summed E-state index contributed by atoms with van der Waals surface area (Å²) in [5.41, 5.74) is 15.1. The van der Waals surface area contributed by atoms with Gasteiger partial charge in [0.05, 0.1) is 26.9 Å². The number of aromatic nitrogens is 4. The van der Waals surface area contributed by atoms with E-state index in [1.54, 1.807) is 11.3 Å². The van der Waals surface area contributed by atoms with Gasteiger partial charge in [-0.2, -0.15) is 0 Å². The molecule has 3 aromatic heterocycles. The maximum Gasteiger partial charge on any atom is 0.160 e. The second-order valence-corrected chi connectivity index (χ2v) is 15.5. The number of hydrogen-bond acceptors (Lipinski definition) is 4. The Kier molecular flexibility index (Phi) is 8.30. The third-order valence-corrected chi connectivity index (χ3v) is 12.0. The van der Waals surface area contributed by atoms with E-state index in [9.17, 15) is 0 Å². The van der Waals surface area contributed by atoms with Crippen molar-refractivity contribution in [3.8, 4) is 73.1 Å². The van der Waals surface area contributed by atoms with E-state index in [-0.39, 0.29) is 0 Å². The van der Waals surface area contributed by atoms with Crippen LogP contribution in [0.3, 0.4) is 0 Å². The first-order chi connectivity index (χ1) is 28.7. The number of nitrogens with zero attached hydrogens (tertiary/aromatic N) is 4. The Morgan fingerprint density at radius 1 is 0.379 bits per heavy atom. The third-order valence-electron chi connectivity index (χ3n) is 10.8. The maximum absolute atomic E-state index is 5.23. The molecule has 0 bridgehead atoms. The fraction of sp³-hybridized carbons (Fsp3) is 0. The number of benzene rings is 8. The number of para-hydroxylation sites is 3. The highest BCUT2D eigenvalue weighted by Gasteiger charge is 2.18. The van der Waals surface area contributed by atoms with Gasteiger partial charge in [-0.15, -0.1) is 11.3 Å². The predicted molar refractivity (Wildman–Crippen MR) is 242 cm³/mol. The van der Waals surface area contributed by atoms with E-state index >= 15 is 0 Å². The Hall–Kier alpha value is -7.47. The Morgan fingerprint density at radius 3 is 1.55 bits per heavy atom. The SMILES string of the molecule is c1ccc(-c2nc(-c3cccc(-c4cccc(-c5cccc(-c6cccc(-c7nc8ccccc8n7-c7ccccc7)c6)c5)c4)c3)nc3c2sc2ccccc23)cc1. The van der Waals surface area contributed by atoms with E-state index in [1.807, 2.05) is 18.2 Å². The van der Waals surface area contributed by atoms with Crippen LogP contribution in [-0.4, -0.2) is 19.5 Å². The molecule has 0 spiro atoms. The summed E-state index contributed by atoms with van der Waals surface area (Å²) in [6.07, 6.45) is 0. The standard InChI is InChI=1S/C53H34N4S/c1-3-15-35(16-4-1)49-51-50(45-27-7-10-30-48(45)58-51)56-52(55-49)42-23-13-21-40(33-42)38-19-11-17-36(31-38)37-18-12-20-39(32-37)41-22-14-24-43(34-41)53-54-46-28-8-9-29-47(46)57(53)44-25-5-2-6-26-44/h1-34H. The molecule has 0 fully saturated rings. The highest BCUT2D eigenvalue weighted by molar-refractivity contribution is 7.26. The second-order valence-electron chi connectivity index (χ2n) is 14.5. The molecule has 4 nitrogen and oxygen atoms in total. The monoisotopic (exact) mass is 758 g/mol. The molecule has 0 unspecified atom stereocenters. The molecule has 0 N–H and O–H groups in total. The van der Waals surface area contributed by atoms with Crippen LogP contribution in [0.2, 0.25) is 0 Å². The molecule has 11 rings (SSSR count). The van der Waals surface area contributed by atoms with Gasteiger partial charge in [-0.3, -0.25) is 4.57 Å². The summed E-state index contributed by atoms with van der Waals surface area (Å²) in [6.45, 7) is 0. The maximum atomic E-state index is 5.23. The van der Waals surface area contributed by atoms with Crippen LogP contribution in [-0.2, 0) is 0 Å². The predicted octanol–water partition coefficient (Wildman–Crippen LogP) is 14.2. The van der Waals surface area contributed by atoms with Gasteiger partial charge < -0.3 is 0 Å². The average Bonchev–Trinajstić information content (AvgIpc) is 3.89. The van der Waals surface area contributed by atoms with Crippen molar-refractivity contribution >= 4 is 42.7 Å². The summed E-state index contributed by atoms with van der Waals surface area (Å²) in [6, 6.07) is 72.7. The van der Waals surface area contributed by atoms with E-state index in [0.717, 1.165) is 99.7 Å². The minimum absolute atomic E-state index is 0.724. The fourth-order valence-electron chi connectivity index (χ4n) is 8.00. The van der Waals surface area contributed by atoms with Crippen molar-refractivity contribution in [1.29, 1.82) is 0 Å². The van der Waals surface area contributed by atoms with Crippen molar-refractivity contribution in [3.05, 3.63) is 206 Å². The van der Waals surface area contributed by atoms with E-state index in [0.29, 0.717) is 0 Å². The number of fused-ring (bicyclic) bond motifs is 4. The highest BCUT2D eigenvalue weighted by Crippen LogP contribution is 2.40. The number of thiophene rings is 1. The molecule has 0 aliphatic carbocycles. The average molecular weight is 759 g/mol. The van der Waals surface area contributed by atoms with Gasteiger partial charge in [-0.1, -0.05) is 152 Å². The highest BCUT2D eigenvalue weighted by atomic mass is 32.1. The van der Waals surface area contributed by atoms with Crippen LogP contribution in [0, 0.1) is 0 Å². The Labute approximate surface area is 340 Å². The smallest absolute Gasteiger partial charge is 0.160 e. The molecule has 0 aliphatic rings. The van der Waals surface area contributed by atoms with Gasteiger partial charge >= 0.3 is 0 Å². The zero-order chi connectivity index (χ0) is 38.4. The molecule has 0 aliphatic heterocycles. The first-order valence-corrected chi connectivity index (χ1v) is 20.2. The molecule has 11 aromatic rings. The number of rotatable bonds is 7. The quantitative estimate of drug-likeness (QED) is 0.163. The van der Waals surface area contributed by atoms with Crippen molar-refractivity contribution in [3.63, 3.8) is 0 Å². The lowest BCUT2D eigenvalue weighted by Crippen LogP contribution is -1.97. The zero-order valence-corrected chi connectivity index (χ0v) is 32.1. The van der Waals surface area contributed by atoms with Crippen molar-refractivity contribution in [1.82, 2.24) is 19.5 Å². The summed E-state index contributed by atoms with van der Waals surface area (Å²) in [4.78, 5) is 15.6. The molecular weight excluding hydrogens is 725 g/mol. The van der Waals surface area contributed by atoms with E-state index in [1.165, 1.54) is 4.70 Å². The number of imidazole rings is 1. The first kappa shape index (κ1) is 33.8. The van der Waals surface area contributed by atoms with Crippen molar-refractivity contribution in [2.24, 2.45) is 0 Å². The zero-order valence-electron chi connectivity index (χ0n) is 31.3. The molecule has 272 valence electrons. The van der Waals surface area contributed by atoms with Crippen molar-refractivity contribution < 1.29 is 0 Å². The second kappa shape index (κ2) is 14.2. The largest absolute Gasteiger partial charge is 0.292 e. The van der Waals surface area contributed by atoms with Crippen LogP contribution < -0.4 is 0 Å². The van der Waals surface area contributed by atoms with Crippen LogP contribution in [0.5, 0.6) is 0 Å². The van der Waals surface area contributed by atoms with Crippen LogP contribution in [0.4, 0.5) is 0 Å². The lowest BCUT2D eigenvalue weighted by atomic mass is 9.95. The van der Waals surface area contributed by atoms with Crippen LogP contribution in [0.1, 0.15) is 0 Å². The molecular formula is C53H34N4S. The van der Waals surface area contributed by atoms with Gasteiger partial charge in [-0.25, -0.2) is 15.0 Å². The van der Waals surface area contributed by atoms with Gasteiger partial charge in [0.15, 0.2) is 5.82 Å². The summed E-state index contributed by atoms with van der Waals surface area (Å²) in [5.74, 6) is 1.65. The van der Waals surface area contributed by atoms with Gasteiger partial charge in [0.1, 0.15) is 5.82 Å². The van der Waals surface area contributed by atoms with Crippen molar-refractivity contribution in [2.45, 2.75) is 0 Å². The lowest BCUT2D eigenvalue weighted by molar-refractivity contribution is 1.10. The van der Waals surface area contributed by atoms with E-state index < -0.39 is 0 Å². The number of hydrogen-bond donors (Lipinski definition) is 0. The first-order valence-electron chi connectivity index (χ1n) is 19.4. The molecule has 0 saturated carbocycles. The third kappa shape index (κ3) is 6.06. The molecule has 0 radical (unpaired) electrons. The van der Waals surface area contributed by atoms with Crippen LogP contribution in [0.25, 0.3) is 104 Å². The summed E-state index contributed by atoms with van der Waals surface area (Å²) in [5, 5.41) is 1.16. The van der Waals surface area contributed by atoms with Gasteiger partial charge in [0.2, 0.25) is 0 Å². The van der Waals surface area contributed by atoms with Crippen LogP contribution >= 0.6 is 11.3 Å². The van der Waals surface area contributed by atoms with Gasteiger partial charge in [0.25, 0.3) is 0 Å². The fourth-order valence-corrected chi connectivity index (χ4v) is 9.16. The Morgan fingerprint density at radius 2 is 0.879 bits per heavy atom. The van der Waals surface area contributed by atoms with Gasteiger partial charge in [-0.05, 0) is 88.0 Å². The topological polar surface area (TPSA) is 43.6 Å². The molecule has 8 aromatic carbocycles. The minimum Gasteiger partial charge on any atom is -0.292 e. The summed E-state index contributed by atoms with van der Waals surface area (Å²) >= 11 is 1.76. The molecule has 5 heteroatoms. The van der Waals surface area contributed by atoms with Crippen molar-refractivity contribution in [2.75, 3.05) is 0 Å².